The Morgan fingerprint density at radius 1 is 1.21 bits per heavy atom. The highest BCUT2D eigenvalue weighted by molar-refractivity contribution is 5.63. The van der Waals surface area contributed by atoms with Crippen LogP contribution in [-0.4, -0.2) is 19.6 Å². The number of hydrogen-bond donors (Lipinski definition) is 1. The van der Waals surface area contributed by atoms with Gasteiger partial charge in [0.1, 0.15) is 12.4 Å². The van der Waals surface area contributed by atoms with Crippen LogP contribution in [0.1, 0.15) is 37.2 Å². The molecule has 0 atom stereocenters. The van der Waals surface area contributed by atoms with Crippen LogP contribution in [0.25, 0.3) is 11.4 Å². The van der Waals surface area contributed by atoms with Crippen LogP contribution in [0, 0.1) is 0 Å². The summed E-state index contributed by atoms with van der Waals surface area (Å²) in [6, 6.07) is 1.48. The molecule has 2 heterocycles. The van der Waals surface area contributed by atoms with Gasteiger partial charge in [-0.1, -0.05) is 24.3 Å². The molecule has 0 aliphatic heterocycles. The van der Waals surface area contributed by atoms with Crippen molar-refractivity contribution in [3.8, 4) is 0 Å². The first kappa shape index (κ1) is 14.7. The van der Waals surface area contributed by atoms with Crippen LogP contribution in [0.5, 0.6) is 0 Å². The minimum Gasteiger partial charge on any atom is -0.488 e. The van der Waals surface area contributed by atoms with E-state index in [1.54, 1.807) is 0 Å². The summed E-state index contributed by atoms with van der Waals surface area (Å²) in [4.78, 5) is 21.2. The zero-order valence-electron chi connectivity index (χ0n) is 13.2. The number of aromatic amines is 1. The third-order valence-electron chi connectivity index (χ3n) is 4.05. The minimum atomic E-state index is -0.183. The second-order valence-electron chi connectivity index (χ2n) is 5.83. The molecule has 24 heavy (non-hydrogen) atoms. The molecule has 0 saturated heterocycles. The maximum absolute atomic E-state index is 12.3. The van der Waals surface area contributed by atoms with E-state index in [0.29, 0.717) is 17.3 Å². The van der Waals surface area contributed by atoms with Gasteiger partial charge in [0.2, 0.25) is 0 Å². The number of hydrogen-bond acceptors (Lipinski definition) is 4. The fourth-order valence-corrected chi connectivity index (χ4v) is 2.80. The van der Waals surface area contributed by atoms with E-state index >= 15 is 0 Å². The van der Waals surface area contributed by atoms with E-state index < -0.39 is 0 Å². The lowest BCUT2D eigenvalue weighted by Crippen LogP contribution is -2.16. The van der Waals surface area contributed by atoms with Crippen molar-refractivity contribution in [2.45, 2.75) is 32.3 Å². The number of allylic oxidation sites excluding steroid dienone is 7. The molecule has 6 nitrogen and oxygen atoms in total. The summed E-state index contributed by atoms with van der Waals surface area (Å²) in [6.45, 7) is 0.259. The van der Waals surface area contributed by atoms with E-state index in [1.807, 2.05) is 24.3 Å². The first-order valence-electron chi connectivity index (χ1n) is 8.14. The van der Waals surface area contributed by atoms with Crippen LogP contribution in [0.4, 0.5) is 0 Å². The summed E-state index contributed by atoms with van der Waals surface area (Å²) in [5.41, 5.74) is 1.48. The molecule has 0 aromatic carbocycles. The van der Waals surface area contributed by atoms with Crippen molar-refractivity contribution in [2.75, 3.05) is 0 Å². The highest BCUT2D eigenvalue weighted by Gasteiger charge is 2.12. The molecular weight excluding hydrogens is 304 g/mol. The zero-order valence-corrected chi connectivity index (χ0v) is 13.2. The van der Waals surface area contributed by atoms with E-state index in [4.69, 9.17) is 4.74 Å². The molecule has 2 aliphatic rings. The molecule has 2 aromatic rings. The molecule has 1 N–H and O–H groups in total. The lowest BCUT2D eigenvalue weighted by Gasteiger charge is -2.09. The van der Waals surface area contributed by atoms with Crippen molar-refractivity contribution in [1.82, 2.24) is 19.6 Å². The van der Waals surface area contributed by atoms with Crippen LogP contribution in [-0.2, 0) is 11.3 Å². The van der Waals surface area contributed by atoms with E-state index in [1.165, 1.54) is 10.6 Å². The Balaban J connectivity index is 1.60. The Labute approximate surface area is 138 Å². The largest absolute Gasteiger partial charge is 0.488 e. The smallest absolute Gasteiger partial charge is 0.274 e. The minimum absolute atomic E-state index is 0.183. The summed E-state index contributed by atoms with van der Waals surface area (Å²) >= 11 is 0. The fraction of sp³-hybridized carbons (Fsp3) is 0.278. The molecular formula is C18H18N4O2. The average molecular weight is 322 g/mol. The van der Waals surface area contributed by atoms with Crippen molar-refractivity contribution in [1.29, 1.82) is 0 Å². The Hall–Kier alpha value is -2.89. The molecule has 6 heteroatoms. The monoisotopic (exact) mass is 322 g/mol. The topological polar surface area (TPSA) is 72.3 Å². The Kier molecular flexibility index (Phi) is 3.86. The van der Waals surface area contributed by atoms with Gasteiger partial charge < -0.3 is 4.74 Å². The summed E-state index contributed by atoms with van der Waals surface area (Å²) in [7, 11) is 0. The Bertz CT molecular complexity index is 944. The second-order valence-corrected chi connectivity index (χ2v) is 5.83. The third kappa shape index (κ3) is 2.95. The van der Waals surface area contributed by atoms with Crippen molar-refractivity contribution in [3.63, 3.8) is 0 Å². The average Bonchev–Trinajstić information content (AvgIpc) is 3.06. The molecule has 0 radical (unpaired) electrons. The molecule has 4 rings (SSSR count). The van der Waals surface area contributed by atoms with Gasteiger partial charge in [-0.3, -0.25) is 9.89 Å². The van der Waals surface area contributed by atoms with Crippen LogP contribution in [0.3, 0.4) is 0 Å². The molecule has 0 unspecified atom stereocenters. The van der Waals surface area contributed by atoms with Gasteiger partial charge in [-0.2, -0.15) is 9.50 Å². The summed E-state index contributed by atoms with van der Waals surface area (Å²) in [5, 5.41) is 3.03. The van der Waals surface area contributed by atoms with Gasteiger partial charge in [0.25, 0.3) is 11.3 Å². The maximum Gasteiger partial charge on any atom is 0.274 e. The molecule has 2 aromatic heterocycles. The van der Waals surface area contributed by atoms with Gasteiger partial charge >= 0.3 is 0 Å². The predicted octanol–water partition coefficient (Wildman–Crippen LogP) is 2.90. The van der Waals surface area contributed by atoms with E-state index in [9.17, 15) is 4.79 Å². The normalized spacial score (nSPS) is 17.0. The molecule has 2 aliphatic carbocycles. The molecule has 122 valence electrons. The summed E-state index contributed by atoms with van der Waals surface area (Å²) in [6.07, 6.45) is 16.1. The predicted molar refractivity (Wildman–Crippen MR) is 91.2 cm³/mol. The molecule has 0 saturated carbocycles. The number of fused-ring (bicyclic) bond motifs is 1. The third-order valence-corrected chi connectivity index (χ3v) is 4.05. The van der Waals surface area contributed by atoms with Crippen LogP contribution in [0.2, 0.25) is 0 Å². The van der Waals surface area contributed by atoms with Gasteiger partial charge in [0, 0.05) is 6.07 Å². The summed E-state index contributed by atoms with van der Waals surface area (Å²) in [5.74, 6) is 1.89. The number of aromatic nitrogens is 4. The van der Waals surface area contributed by atoms with Crippen LogP contribution in [0.15, 0.2) is 53.1 Å². The maximum atomic E-state index is 12.3. The standard InChI is InChI=1S/C18H18N4O2/c23-16-11-14(12-24-15-9-5-2-6-10-15)19-18-20-17(21-22(16)18)13-7-3-1-4-8-13/h1,3,5,7,9-11H,2,4,6,8,12H2,(H,19,20,21). The van der Waals surface area contributed by atoms with Gasteiger partial charge in [0.15, 0.2) is 5.82 Å². The number of nitrogens with zero attached hydrogens (tertiary/aromatic N) is 3. The Morgan fingerprint density at radius 2 is 2.17 bits per heavy atom. The van der Waals surface area contributed by atoms with Crippen molar-refractivity contribution in [2.24, 2.45) is 0 Å². The van der Waals surface area contributed by atoms with Crippen molar-refractivity contribution >= 4 is 11.4 Å². The Morgan fingerprint density at radius 3 is 2.96 bits per heavy atom. The van der Waals surface area contributed by atoms with E-state index in [2.05, 4.69) is 27.2 Å². The second kappa shape index (κ2) is 6.31. The highest BCUT2D eigenvalue weighted by atomic mass is 16.5. The fourth-order valence-electron chi connectivity index (χ4n) is 2.80. The molecule has 0 bridgehead atoms. The lowest BCUT2D eigenvalue weighted by molar-refractivity contribution is 0.205. The quantitative estimate of drug-likeness (QED) is 0.939. The molecule has 0 fully saturated rings. The van der Waals surface area contributed by atoms with Crippen molar-refractivity contribution in [3.05, 3.63) is 70.2 Å². The molecule has 0 amide bonds. The van der Waals surface area contributed by atoms with E-state index in [0.717, 1.165) is 37.0 Å². The van der Waals surface area contributed by atoms with Gasteiger partial charge in [0.05, 0.1) is 5.69 Å². The number of ether oxygens (including phenoxy) is 1. The molecule has 0 spiro atoms. The number of nitrogens with one attached hydrogen (secondary N) is 1. The van der Waals surface area contributed by atoms with E-state index in [-0.39, 0.29) is 12.2 Å². The van der Waals surface area contributed by atoms with Gasteiger partial charge in [-0.05, 0) is 43.4 Å². The SMILES string of the molecule is O=c1cc(COC2=CCCC=C2)nc2nc(C3=CC=CCC3)[nH]n12. The number of rotatable bonds is 4. The first-order chi connectivity index (χ1) is 11.8. The number of H-pyrrole nitrogens is 1. The van der Waals surface area contributed by atoms with Crippen molar-refractivity contribution < 1.29 is 4.74 Å². The van der Waals surface area contributed by atoms with Gasteiger partial charge in [-0.25, -0.2) is 4.98 Å². The van der Waals surface area contributed by atoms with Gasteiger partial charge in [-0.15, -0.1) is 0 Å². The summed E-state index contributed by atoms with van der Waals surface area (Å²) < 4.78 is 7.07. The zero-order chi connectivity index (χ0) is 16.4. The van der Waals surface area contributed by atoms with Crippen LogP contribution < -0.4 is 5.56 Å². The first-order valence-corrected chi connectivity index (χ1v) is 8.14. The lowest BCUT2D eigenvalue weighted by atomic mass is 10.1. The van der Waals surface area contributed by atoms with Crippen LogP contribution >= 0.6 is 0 Å². The highest BCUT2D eigenvalue weighted by Crippen LogP contribution is 2.20.